The van der Waals surface area contributed by atoms with E-state index in [0.717, 1.165) is 5.56 Å². The average Bonchev–Trinajstić information content (AvgIpc) is 3.56. The molecule has 190 valence electrons. The maximum atomic E-state index is 13.1. The van der Waals surface area contributed by atoms with Crippen LogP contribution in [0.3, 0.4) is 0 Å². The van der Waals surface area contributed by atoms with Crippen molar-refractivity contribution >= 4 is 51.6 Å². The number of hydrogen-bond acceptors (Lipinski definition) is 8. The lowest BCUT2D eigenvalue weighted by Gasteiger charge is -2.09. The Hall–Kier alpha value is -4.90. The summed E-state index contributed by atoms with van der Waals surface area (Å²) in [5.41, 5.74) is 8.86. The predicted octanol–water partition coefficient (Wildman–Crippen LogP) is 3.98. The SMILES string of the molecule is NC(=O)CCn1c(NC(=O)c2cnc(-c3ccncc3)s2)nc2cc(NCC(=O)c3ccccc3)ccc21. The highest BCUT2D eigenvalue weighted by Gasteiger charge is 2.18. The van der Waals surface area contributed by atoms with Gasteiger partial charge in [-0.05, 0) is 30.3 Å². The Morgan fingerprint density at radius 2 is 1.79 bits per heavy atom. The van der Waals surface area contributed by atoms with E-state index in [1.165, 1.54) is 17.5 Å². The number of imidazole rings is 1. The number of nitrogens with two attached hydrogens (primary N) is 1. The van der Waals surface area contributed by atoms with Crippen molar-refractivity contribution in [3.8, 4) is 10.6 Å². The van der Waals surface area contributed by atoms with Crippen LogP contribution in [0.5, 0.6) is 0 Å². The number of primary amides is 1. The zero-order valence-electron chi connectivity index (χ0n) is 20.1. The molecule has 0 aliphatic carbocycles. The molecule has 0 radical (unpaired) electrons. The number of carbonyl (C=O) groups is 3. The number of nitrogens with zero attached hydrogens (tertiary/aromatic N) is 4. The third-order valence-corrected chi connectivity index (χ3v) is 6.81. The zero-order valence-corrected chi connectivity index (χ0v) is 20.9. The van der Waals surface area contributed by atoms with Crippen molar-refractivity contribution in [2.75, 3.05) is 17.2 Å². The van der Waals surface area contributed by atoms with Crippen molar-refractivity contribution < 1.29 is 14.4 Å². The van der Waals surface area contributed by atoms with Crippen LogP contribution >= 0.6 is 11.3 Å². The minimum absolute atomic E-state index is 0.0404. The Balaban J connectivity index is 1.37. The molecule has 10 nitrogen and oxygen atoms in total. The largest absolute Gasteiger partial charge is 0.378 e. The quantitative estimate of drug-likeness (QED) is 0.234. The van der Waals surface area contributed by atoms with Crippen LogP contribution in [0, 0.1) is 0 Å². The smallest absolute Gasteiger partial charge is 0.269 e. The molecule has 0 saturated carbocycles. The summed E-state index contributed by atoms with van der Waals surface area (Å²) >= 11 is 1.25. The fourth-order valence-corrected chi connectivity index (χ4v) is 4.68. The summed E-state index contributed by atoms with van der Waals surface area (Å²) in [6.45, 7) is 0.359. The highest BCUT2D eigenvalue weighted by atomic mass is 32.1. The van der Waals surface area contributed by atoms with Gasteiger partial charge in [0, 0.05) is 42.2 Å². The molecule has 3 heterocycles. The summed E-state index contributed by atoms with van der Waals surface area (Å²) in [5.74, 6) is -0.597. The van der Waals surface area contributed by atoms with Crippen molar-refractivity contribution in [1.82, 2.24) is 19.5 Å². The van der Waals surface area contributed by atoms with Crippen LogP contribution in [-0.2, 0) is 11.3 Å². The number of hydrogen-bond donors (Lipinski definition) is 3. The molecular weight excluding hydrogens is 502 g/mol. The fourth-order valence-electron chi connectivity index (χ4n) is 3.86. The Morgan fingerprint density at radius 1 is 1.00 bits per heavy atom. The van der Waals surface area contributed by atoms with E-state index in [1.54, 1.807) is 35.2 Å². The lowest BCUT2D eigenvalue weighted by Crippen LogP contribution is -2.18. The molecule has 2 amide bonds. The second-order valence-corrected chi connectivity index (χ2v) is 9.40. The van der Waals surface area contributed by atoms with Gasteiger partial charge in [-0.3, -0.25) is 24.7 Å². The number of Topliss-reactive ketones (excluding diaryl/α,β-unsaturated/α-hetero) is 1. The highest BCUT2D eigenvalue weighted by molar-refractivity contribution is 7.17. The lowest BCUT2D eigenvalue weighted by atomic mass is 10.1. The summed E-state index contributed by atoms with van der Waals surface area (Å²) in [6, 6.07) is 18.1. The van der Waals surface area contributed by atoms with Crippen molar-refractivity contribution in [3.05, 3.63) is 89.7 Å². The molecule has 0 unspecified atom stereocenters. The number of carbonyl (C=O) groups excluding carboxylic acids is 3. The number of ketones is 1. The summed E-state index contributed by atoms with van der Waals surface area (Å²) in [7, 11) is 0. The number of nitrogens with one attached hydrogen (secondary N) is 2. The van der Waals surface area contributed by atoms with Gasteiger partial charge in [-0.25, -0.2) is 9.97 Å². The molecule has 5 aromatic rings. The third kappa shape index (κ3) is 5.57. The van der Waals surface area contributed by atoms with Crippen LogP contribution in [0.2, 0.25) is 0 Å². The molecule has 0 saturated heterocycles. The Morgan fingerprint density at radius 3 is 2.55 bits per heavy atom. The Bertz CT molecular complexity index is 1610. The molecule has 38 heavy (non-hydrogen) atoms. The van der Waals surface area contributed by atoms with E-state index in [2.05, 4.69) is 25.6 Å². The molecule has 5 rings (SSSR count). The average molecular weight is 526 g/mol. The van der Waals surface area contributed by atoms with E-state index in [9.17, 15) is 14.4 Å². The fraction of sp³-hybridized carbons (Fsp3) is 0.111. The topological polar surface area (TPSA) is 145 Å². The normalized spacial score (nSPS) is 10.8. The molecule has 11 heteroatoms. The van der Waals surface area contributed by atoms with Crippen LogP contribution in [-0.4, -0.2) is 43.7 Å². The number of thiazole rings is 1. The maximum absolute atomic E-state index is 13.1. The van der Waals surface area contributed by atoms with Gasteiger partial charge in [0.25, 0.3) is 5.91 Å². The molecule has 4 N–H and O–H groups in total. The van der Waals surface area contributed by atoms with Crippen LogP contribution in [0.1, 0.15) is 26.5 Å². The minimum Gasteiger partial charge on any atom is -0.378 e. The van der Waals surface area contributed by atoms with E-state index < -0.39 is 5.91 Å². The number of fused-ring (bicyclic) bond motifs is 1. The van der Waals surface area contributed by atoms with Gasteiger partial charge in [0.05, 0.1) is 23.8 Å². The van der Waals surface area contributed by atoms with E-state index >= 15 is 0 Å². The minimum atomic E-state index is -0.466. The number of aromatic nitrogens is 4. The van der Waals surface area contributed by atoms with Crippen molar-refractivity contribution in [2.24, 2.45) is 5.73 Å². The number of anilines is 2. The second-order valence-electron chi connectivity index (χ2n) is 8.37. The lowest BCUT2D eigenvalue weighted by molar-refractivity contribution is -0.118. The third-order valence-electron chi connectivity index (χ3n) is 5.76. The Kier molecular flexibility index (Phi) is 7.18. The predicted molar refractivity (Wildman–Crippen MR) is 146 cm³/mol. The summed E-state index contributed by atoms with van der Waals surface area (Å²) < 4.78 is 1.74. The van der Waals surface area contributed by atoms with E-state index in [4.69, 9.17) is 5.73 Å². The van der Waals surface area contributed by atoms with Gasteiger partial charge in [0.1, 0.15) is 9.88 Å². The first-order valence-electron chi connectivity index (χ1n) is 11.8. The van der Waals surface area contributed by atoms with E-state index in [0.29, 0.717) is 32.2 Å². The first kappa shape index (κ1) is 24.8. The summed E-state index contributed by atoms with van der Waals surface area (Å²) in [6.07, 6.45) is 4.92. The van der Waals surface area contributed by atoms with Gasteiger partial charge >= 0.3 is 0 Å². The van der Waals surface area contributed by atoms with Crippen LogP contribution in [0.15, 0.2) is 79.3 Å². The molecule has 0 fully saturated rings. The molecule has 3 aromatic heterocycles. The molecule has 0 aliphatic heterocycles. The molecule has 0 spiro atoms. The van der Waals surface area contributed by atoms with Crippen LogP contribution < -0.4 is 16.4 Å². The standard InChI is InChI=1S/C27H23N7O3S/c28-24(36)10-13-34-21-7-6-19(30-15-22(35)17-4-2-1-3-5-17)14-20(21)32-27(34)33-25(37)23-16-31-26(38-23)18-8-11-29-12-9-18/h1-9,11-12,14,16,30H,10,13,15H2,(H2,28,36)(H,32,33,37). The Labute approximate surface area is 221 Å². The van der Waals surface area contributed by atoms with E-state index in [1.807, 2.05) is 42.5 Å². The van der Waals surface area contributed by atoms with Gasteiger partial charge < -0.3 is 15.6 Å². The zero-order chi connectivity index (χ0) is 26.5. The number of amides is 2. The first-order valence-corrected chi connectivity index (χ1v) is 12.6. The van der Waals surface area contributed by atoms with Gasteiger partial charge in [-0.1, -0.05) is 30.3 Å². The number of benzene rings is 2. The van der Waals surface area contributed by atoms with Crippen molar-refractivity contribution in [1.29, 1.82) is 0 Å². The first-order chi connectivity index (χ1) is 18.5. The maximum Gasteiger partial charge on any atom is 0.269 e. The monoisotopic (exact) mass is 525 g/mol. The van der Waals surface area contributed by atoms with Crippen molar-refractivity contribution in [2.45, 2.75) is 13.0 Å². The number of rotatable bonds is 10. The second kappa shape index (κ2) is 11.0. The summed E-state index contributed by atoms with van der Waals surface area (Å²) in [4.78, 5) is 50.4. The number of pyridine rings is 1. The van der Waals surface area contributed by atoms with Crippen LogP contribution in [0.4, 0.5) is 11.6 Å². The number of aryl methyl sites for hydroxylation is 1. The van der Waals surface area contributed by atoms with Gasteiger partial charge in [-0.15, -0.1) is 11.3 Å². The molecule has 0 aliphatic rings. The molecule has 0 atom stereocenters. The van der Waals surface area contributed by atoms with E-state index in [-0.39, 0.29) is 37.1 Å². The summed E-state index contributed by atoms with van der Waals surface area (Å²) in [5, 5.41) is 6.66. The van der Waals surface area contributed by atoms with Gasteiger partial charge in [0.15, 0.2) is 5.78 Å². The molecule has 0 bridgehead atoms. The van der Waals surface area contributed by atoms with Gasteiger partial charge in [0.2, 0.25) is 11.9 Å². The van der Waals surface area contributed by atoms with Crippen molar-refractivity contribution in [3.63, 3.8) is 0 Å². The molecule has 2 aromatic carbocycles. The van der Waals surface area contributed by atoms with Gasteiger partial charge in [-0.2, -0.15) is 0 Å². The van der Waals surface area contributed by atoms with Crippen LogP contribution in [0.25, 0.3) is 21.6 Å². The highest BCUT2D eigenvalue weighted by Crippen LogP contribution is 2.27. The molecular formula is C27H23N7O3S.